The molecule has 0 atom stereocenters. The van der Waals surface area contributed by atoms with Crippen LogP contribution in [0, 0.1) is 0 Å². The molecule has 1 aromatic heterocycles. The lowest BCUT2D eigenvalue weighted by atomic mass is 10.1. The molecular weight excluding hydrogens is 308 g/mol. The van der Waals surface area contributed by atoms with Crippen LogP contribution in [-0.2, 0) is 0 Å². The SMILES string of the molecule is CCCCN1C(=O)c2cccc(OC(=O)c3ccccn3)c2C1=O. The van der Waals surface area contributed by atoms with E-state index >= 15 is 0 Å². The van der Waals surface area contributed by atoms with Crippen LogP contribution in [0.4, 0.5) is 0 Å². The third-order valence-electron chi connectivity index (χ3n) is 3.77. The second kappa shape index (κ2) is 6.62. The number of carbonyl (C=O) groups excluding carboxylic acids is 3. The number of carbonyl (C=O) groups is 3. The molecule has 0 saturated heterocycles. The zero-order chi connectivity index (χ0) is 17.1. The lowest BCUT2D eigenvalue weighted by Gasteiger charge is -2.12. The number of unbranched alkanes of at least 4 members (excludes halogenated alkanes) is 1. The highest BCUT2D eigenvalue weighted by Crippen LogP contribution is 2.31. The quantitative estimate of drug-likeness (QED) is 0.480. The molecule has 0 saturated carbocycles. The van der Waals surface area contributed by atoms with Crippen LogP contribution >= 0.6 is 0 Å². The average molecular weight is 324 g/mol. The summed E-state index contributed by atoms with van der Waals surface area (Å²) in [4.78, 5) is 42.2. The highest BCUT2D eigenvalue weighted by atomic mass is 16.5. The lowest BCUT2D eigenvalue weighted by molar-refractivity contribution is 0.0651. The summed E-state index contributed by atoms with van der Waals surface area (Å²) in [5, 5.41) is 0. The number of ether oxygens (including phenoxy) is 1. The summed E-state index contributed by atoms with van der Waals surface area (Å²) in [5.41, 5.74) is 0.542. The highest BCUT2D eigenvalue weighted by Gasteiger charge is 2.38. The number of rotatable bonds is 5. The maximum atomic E-state index is 12.6. The van der Waals surface area contributed by atoms with E-state index in [4.69, 9.17) is 4.74 Å². The Balaban J connectivity index is 1.90. The first-order valence-electron chi connectivity index (χ1n) is 7.76. The van der Waals surface area contributed by atoms with Gasteiger partial charge in [-0.2, -0.15) is 0 Å². The van der Waals surface area contributed by atoms with Gasteiger partial charge < -0.3 is 4.74 Å². The fraction of sp³-hybridized carbons (Fsp3) is 0.222. The summed E-state index contributed by atoms with van der Waals surface area (Å²) < 4.78 is 5.31. The number of hydrogen-bond acceptors (Lipinski definition) is 5. The van der Waals surface area contributed by atoms with Gasteiger partial charge in [0.1, 0.15) is 11.4 Å². The molecule has 2 amide bonds. The first-order chi connectivity index (χ1) is 11.6. The van der Waals surface area contributed by atoms with Crippen molar-refractivity contribution in [2.75, 3.05) is 6.54 Å². The summed E-state index contributed by atoms with van der Waals surface area (Å²) in [6.07, 6.45) is 3.08. The summed E-state index contributed by atoms with van der Waals surface area (Å²) in [7, 11) is 0. The Morgan fingerprint density at radius 1 is 1.12 bits per heavy atom. The number of nitrogens with zero attached hydrogens (tertiary/aromatic N) is 2. The maximum absolute atomic E-state index is 12.6. The lowest BCUT2D eigenvalue weighted by Crippen LogP contribution is -2.30. The van der Waals surface area contributed by atoms with E-state index in [1.54, 1.807) is 24.3 Å². The molecule has 2 heterocycles. The van der Waals surface area contributed by atoms with Crippen LogP contribution in [0.2, 0.25) is 0 Å². The minimum absolute atomic E-state index is 0.0838. The van der Waals surface area contributed by atoms with Gasteiger partial charge in [-0.3, -0.25) is 14.5 Å². The highest BCUT2D eigenvalue weighted by molar-refractivity contribution is 6.22. The van der Waals surface area contributed by atoms with Gasteiger partial charge in [-0.25, -0.2) is 9.78 Å². The fourth-order valence-corrected chi connectivity index (χ4v) is 2.54. The van der Waals surface area contributed by atoms with Crippen molar-refractivity contribution in [2.45, 2.75) is 19.8 Å². The molecule has 24 heavy (non-hydrogen) atoms. The molecule has 0 aliphatic carbocycles. The minimum atomic E-state index is -0.670. The fourth-order valence-electron chi connectivity index (χ4n) is 2.54. The molecule has 1 aliphatic heterocycles. The molecule has 0 bridgehead atoms. The molecule has 0 N–H and O–H groups in total. The number of fused-ring (bicyclic) bond motifs is 1. The van der Waals surface area contributed by atoms with Gasteiger partial charge in [-0.05, 0) is 30.7 Å². The monoisotopic (exact) mass is 324 g/mol. The number of amides is 2. The molecule has 6 heteroatoms. The second-order valence-corrected chi connectivity index (χ2v) is 5.40. The Bertz CT molecular complexity index is 802. The normalized spacial score (nSPS) is 13.1. The van der Waals surface area contributed by atoms with Crippen LogP contribution < -0.4 is 4.74 Å². The van der Waals surface area contributed by atoms with E-state index in [-0.39, 0.29) is 28.5 Å². The number of aromatic nitrogens is 1. The number of imide groups is 1. The Morgan fingerprint density at radius 3 is 2.67 bits per heavy atom. The van der Waals surface area contributed by atoms with Crippen molar-refractivity contribution in [1.29, 1.82) is 0 Å². The van der Waals surface area contributed by atoms with Crippen LogP contribution in [0.25, 0.3) is 0 Å². The molecule has 2 aromatic rings. The predicted octanol–water partition coefficient (Wildman–Crippen LogP) is 2.70. The average Bonchev–Trinajstić information content (AvgIpc) is 2.85. The smallest absolute Gasteiger partial charge is 0.362 e. The number of hydrogen-bond donors (Lipinski definition) is 0. The third-order valence-corrected chi connectivity index (χ3v) is 3.77. The standard InChI is InChI=1S/C18H16N2O4/c1-2-3-11-20-16(21)12-7-6-9-14(15(12)17(20)22)24-18(23)13-8-4-5-10-19-13/h4-10H,2-3,11H2,1H3. The predicted molar refractivity (Wildman–Crippen MR) is 85.9 cm³/mol. The molecule has 122 valence electrons. The van der Waals surface area contributed by atoms with Gasteiger partial charge in [0.25, 0.3) is 11.8 Å². The third kappa shape index (κ3) is 2.78. The number of pyridine rings is 1. The Labute approximate surface area is 139 Å². The van der Waals surface area contributed by atoms with Gasteiger partial charge in [0.15, 0.2) is 0 Å². The molecule has 1 aromatic carbocycles. The first kappa shape index (κ1) is 15.9. The molecule has 1 aliphatic rings. The zero-order valence-corrected chi connectivity index (χ0v) is 13.2. The van der Waals surface area contributed by atoms with Crippen LogP contribution in [0.5, 0.6) is 5.75 Å². The first-order valence-corrected chi connectivity index (χ1v) is 7.76. The molecule has 0 unspecified atom stereocenters. The Morgan fingerprint density at radius 2 is 1.96 bits per heavy atom. The van der Waals surface area contributed by atoms with E-state index in [9.17, 15) is 14.4 Å². The van der Waals surface area contributed by atoms with E-state index < -0.39 is 11.9 Å². The van der Waals surface area contributed by atoms with Crippen molar-refractivity contribution < 1.29 is 19.1 Å². The molecule has 0 fully saturated rings. The van der Waals surface area contributed by atoms with Crippen LogP contribution in [0.1, 0.15) is 51.0 Å². The van der Waals surface area contributed by atoms with E-state index in [1.165, 1.54) is 23.2 Å². The van der Waals surface area contributed by atoms with Gasteiger partial charge in [0.05, 0.1) is 11.1 Å². The van der Waals surface area contributed by atoms with Crippen molar-refractivity contribution in [2.24, 2.45) is 0 Å². The summed E-state index contributed by atoms with van der Waals surface area (Å²) in [6, 6.07) is 9.54. The van der Waals surface area contributed by atoms with Gasteiger partial charge in [-0.1, -0.05) is 25.5 Å². The Kier molecular flexibility index (Phi) is 4.37. The van der Waals surface area contributed by atoms with E-state index in [0.29, 0.717) is 6.54 Å². The largest absolute Gasteiger partial charge is 0.421 e. The maximum Gasteiger partial charge on any atom is 0.362 e. The van der Waals surface area contributed by atoms with E-state index in [1.807, 2.05) is 6.92 Å². The van der Waals surface area contributed by atoms with Crippen LogP contribution in [-0.4, -0.2) is 34.2 Å². The van der Waals surface area contributed by atoms with Crippen molar-refractivity contribution >= 4 is 17.8 Å². The van der Waals surface area contributed by atoms with Gasteiger partial charge in [0.2, 0.25) is 0 Å². The second-order valence-electron chi connectivity index (χ2n) is 5.40. The van der Waals surface area contributed by atoms with Crippen LogP contribution in [0.3, 0.4) is 0 Å². The summed E-state index contributed by atoms with van der Waals surface area (Å²) in [5.74, 6) is -1.36. The molecular formula is C18H16N2O4. The summed E-state index contributed by atoms with van der Waals surface area (Å²) in [6.45, 7) is 2.34. The van der Waals surface area contributed by atoms with Crippen molar-refractivity contribution in [3.63, 3.8) is 0 Å². The van der Waals surface area contributed by atoms with Gasteiger partial charge >= 0.3 is 5.97 Å². The minimum Gasteiger partial charge on any atom is -0.421 e. The van der Waals surface area contributed by atoms with Crippen molar-refractivity contribution in [3.8, 4) is 5.75 Å². The van der Waals surface area contributed by atoms with Crippen LogP contribution in [0.15, 0.2) is 42.6 Å². The van der Waals surface area contributed by atoms with Crippen molar-refractivity contribution in [3.05, 3.63) is 59.4 Å². The Hall–Kier alpha value is -3.02. The molecule has 0 spiro atoms. The van der Waals surface area contributed by atoms with E-state index in [2.05, 4.69) is 4.98 Å². The van der Waals surface area contributed by atoms with Gasteiger partial charge in [-0.15, -0.1) is 0 Å². The zero-order valence-electron chi connectivity index (χ0n) is 13.2. The van der Waals surface area contributed by atoms with E-state index in [0.717, 1.165) is 12.8 Å². The number of esters is 1. The van der Waals surface area contributed by atoms with Gasteiger partial charge in [0, 0.05) is 12.7 Å². The molecule has 3 rings (SSSR count). The summed E-state index contributed by atoms with van der Waals surface area (Å²) >= 11 is 0. The molecule has 6 nitrogen and oxygen atoms in total. The molecule has 0 radical (unpaired) electrons. The number of benzene rings is 1. The van der Waals surface area contributed by atoms with Crippen molar-refractivity contribution in [1.82, 2.24) is 9.88 Å². The topological polar surface area (TPSA) is 76.6 Å².